The number of amides is 1. The average Bonchev–Trinajstić information content (AvgIpc) is 3.17. The molecule has 202 valence electrons. The maximum atomic E-state index is 12.9. The molecule has 0 aromatic rings. The molecule has 4 aliphatic rings. The van der Waals surface area contributed by atoms with E-state index in [-0.39, 0.29) is 23.0 Å². The highest BCUT2D eigenvalue weighted by Gasteiger charge is 2.59. The van der Waals surface area contributed by atoms with Gasteiger partial charge in [0.1, 0.15) is 0 Å². The van der Waals surface area contributed by atoms with Crippen LogP contribution in [0, 0.1) is 34.5 Å². The van der Waals surface area contributed by atoms with Crippen molar-refractivity contribution in [3.8, 4) is 0 Å². The van der Waals surface area contributed by atoms with E-state index in [9.17, 15) is 9.59 Å². The van der Waals surface area contributed by atoms with Gasteiger partial charge in [-0.1, -0.05) is 38.4 Å². The van der Waals surface area contributed by atoms with Crippen molar-refractivity contribution in [3.63, 3.8) is 0 Å². The van der Waals surface area contributed by atoms with Crippen LogP contribution in [0.3, 0.4) is 0 Å². The van der Waals surface area contributed by atoms with Crippen LogP contribution in [-0.4, -0.2) is 47.7 Å². The Bertz CT molecular complexity index is 909. The van der Waals surface area contributed by atoms with Gasteiger partial charge in [-0.2, -0.15) is 0 Å². The normalized spacial score (nSPS) is 36.3. The zero-order chi connectivity index (χ0) is 26.3. The van der Waals surface area contributed by atoms with Crippen LogP contribution in [0.1, 0.15) is 99.8 Å². The Morgan fingerprint density at radius 1 is 1.11 bits per heavy atom. The highest BCUT2D eigenvalue weighted by Crippen LogP contribution is 2.66. The van der Waals surface area contributed by atoms with E-state index in [0.717, 1.165) is 37.4 Å². The molecule has 0 saturated heterocycles. The van der Waals surface area contributed by atoms with E-state index < -0.39 is 0 Å². The van der Waals surface area contributed by atoms with E-state index in [1.807, 2.05) is 19.9 Å². The molecule has 6 nitrogen and oxygen atoms in total. The molecule has 0 heterocycles. The summed E-state index contributed by atoms with van der Waals surface area (Å²) >= 11 is 0. The quantitative estimate of drug-likeness (QED) is 0.251. The smallest absolute Gasteiger partial charge is 0.313 e. The Hall–Kier alpha value is -1.69. The SMILES string of the molecule is C/C(=N\OC(=O)N(CCNC(C)C)C(C)C)[C@H]1CC[C@H]2[C@@H]3CCC4=CC(=O)CC[C@]4(C)[C@H]3CC[C@]12C. The summed E-state index contributed by atoms with van der Waals surface area (Å²) < 4.78 is 0. The number of allylic oxidation sites excluding steroid dienone is 1. The van der Waals surface area contributed by atoms with Gasteiger partial charge in [0.2, 0.25) is 0 Å². The van der Waals surface area contributed by atoms with Gasteiger partial charge in [0, 0.05) is 37.5 Å². The molecule has 0 unspecified atom stereocenters. The van der Waals surface area contributed by atoms with Crippen LogP contribution in [0.15, 0.2) is 16.8 Å². The molecule has 6 atom stereocenters. The molecule has 4 aliphatic carbocycles. The molecule has 0 aromatic carbocycles. The van der Waals surface area contributed by atoms with Crippen LogP contribution in [0.5, 0.6) is 0 Å². The molecule has 0 spiro atoms. The summed E-state index contributed by atoms with van der Waals surface area (Å²) in [5.74, 6) is 2.80. The van der Waals surface area contributed by atoms with Crippen molar-refractivity contribution in [1.29, 1.82) is 0 Å². The lowest BCUT2D eigenvalue weighted by molar-refractivity contribution is -0.117. The predicted molar refractivity (Wildman–Crippen MR) is 145 cm³/mol. The van der Waals surface area contributed by atoms with Crippen LogP contribution >= 0.6 is 0 Å². The number of oxime groups is 1. The van der Waals surface area contributed by atoms with E-state index in [1.54, 1.807) is 4.90 Å². The van der Waals surface area contributed by atoms with E-state index in [2.05, 4.69) is 45.1 Å². The molecule has 0 radical (unpaired) electrons. The zero-order valence-corrected chi connectivity index (χ0v) is 23.7. The Balaban J connectivity index is 1.43. The largest absolute Gasteiger partial charge is 0.436 e. The lowest BCUT2D eigenvalue weighted by atomic mass is 9.46. The number of carbonyl (C=O) groups is 2. The van der Waals surface area contributed by atoms with Crippen LogP contribution in [0.4, 0.5) is 4.79 Å². The maximum Gasteiger partial charge on any atom is 0.436 e. The first kappa shape index (κ1) is 27.3. The number of fused-ring (bicyclic) bond motifs is 5. The number of nitrogens with zero attached hydrogens (tertiary/aromatic N) is 2. The summed E-state index contributed by atoms with van der Waals surface area (Å²) in [6.07, 6.45) is 10.5. The lowest BCUT2D eigenvalue weighted by Crippen LogP contribution is -2.51. The van der Waals surface area contributed by atoms with E-state index >= 15 is 0 Å². The summed E-state index contributed by atoms with van der Waals surface area (Å²) in [6, 6.07) is 0.448. The minimum Gasteiger partial charge on any atom is -0.313 e. The second-order valence-electron chi connectivity index (χ2n) is 13.1. The highest BCUT2D eigenvalue weighted by atomic mass is 16.7. The van der Waals surface area contributed by atoms with Gasteiger partial charge in [0.15, 0.2) is 5.78 Å². The third-order valence-electron chi connectivity index (χ3n) is 10.5. The minimum atomic E-state index is -0.357. The Kier molecular flexibility index (Phi) is 8.04. The van der Waals surface area contributed by atoms with Gasteiger partial charge in [0.25, 0.3) is 0 Å². The number of hydrogen-bond donors (Lipinski definition) is 1. The van der Waals surface area contributed by atoms with Crippen molar-refractivity contribution >= 4 is 17.6 Å². The standard InChI is InChI=1S/C30H49N3O3/c1-19(2)31-16-17-33(20(3)4)28(35)36-32-21(5)25-10-11-26-24-9-8-22-18-23(34)12-14-29(22,6)27(24)13-15-30(25,26)7/h18-20,24-27,31H,8-17H2,1-7H3/b32-21+/t24-,25+,26-,27-,29-,30+/m0/s1. The molecule has 3 saturated carbocycles. The summed E-state index contributed by atoms with van der Waals surface area (Å²) in [7, 11) is 0. The fourth-order valence-corrected chi connectivity index (χ4v) is 8.51. The molecule has 0 aliphatic heterocycles. The number of rotatable bonds is 7. The molecule has 36 heavy (non-hydrogen) atoms. The lowest BCUT2D eigenvalue weighted by Gasteiger charge is -2.58. The molecule has 3 fully saturated rings. The van der Waals surface area contributed by atoms with Gasteiger partial charge in [0.05, 0.1) is 5.71 Å². The van der Waals surface area contributed by atoms with Crippen LogP contribution < -0.4 is 5.32 Å². The topological polar surface area (TPSA) is 71.0 Å². The molecule has 1 N–H and O–H groups in total. The second-order valence-corrected chi connectivity index (χ2v) is 13.1. The number of nitrogens with one attached hydrogen (secondary N) is 1. The molecule has 6 heteroatoms. The summed E-state index contributed by atoms with van der Waals surface area (Å²) in [5.41, 5.74) is 2.82. The van der Waals surface area contributed by atoms with Crippen molar-refractivity contribution in [2.75, 3.05) is 13.1 Å². The molecule has 0 bridgehead atoms. The van der Waals surface area contributed by atoms with E-state index in [0.29, 0.717) is 42.5 Å². The van der Waals surface area contributed by atoms with Crippen molar-refractivity contribution in [3.05, 3.63) is 11.6 Å². The van der Waals surface area contributed by atoms with Crippen molar-refractivity contribution in [2.24, 2.45) is 39.7 Å². The zero-order valence-electron chi connectivity index (χ0n) is 23.7. The van der Waals surface area contributed by atoms with Crippen LogP contribution in [0.2, 0.25) is 0 Å². The fourth-order valence-electron chi connectivity index (χ4n) is 8.51. The van der Waals surface area contributed by atoms with Gasteiger partial charge in [-0.15, -0.1) is 0 Å². The highest BCUT2D eigenvalue weighted by molar-refractivity contribution is 5.91. The number of ketones is 1. The molecule has 0 aromatic heterocycles. The second kappa shape index (κ2) is 10.6. The number of hydrogen-bond acceptors (Lipinski definition) is 5. The Morgan fingerprint density at radius 2 is 1.86 bits per heavy atom. The van der Waals surface area contributed by atoms with Gasteiger partial charge >= 0.3 is 6.09 Å². The predicted octanol–water partition coefficient (Wildman–Crippen LogP) is 6.36. The van der Waals surface area contributed by atoms with Gasteiger partial charge in [-0.3, -0.25) is 9.63 Å². The van der Waals surface area contributed by atoms with Gasteiger partial charge in [-0.25, -0.2) is 4.79 Å². The van der Waals surface area contributed by atoms with Crippen molar-refractivity contribution in [2.45, 2.75) is 112 Å². The molecular formula is C30H49N3O3. The summed E-state index contributed by atoms with van der Waals surface area (Å²) in [4.78, 5) is 32.3. The van der Waals surface area contributed by atoms with E-state index in [4.69, 9.17) is 4.84 Å². The molecular weight excluding hydrogens is 450 g/mol. The first-order valence-corrected chi connectivity index (χ1v) is 14.5. The van der Waals surface area contributed by atoms with Gasteiger partial charge < -0.3 is 10.2 Å². The summed E-state index contributed by atoms with van der Waals surface area (Å²) in [5, 5.41) is 7.81. The van der Waals surface area contributed by atoms with Crippen LogP contribution in [-0.2, 0) is 9.63 Å². The van der Waals surface area contributed by atoms with Crippen LogP contribution in [0.25, 0.3) is 0 Å². The average molecular weight is 500 g/mol. The van der Waals surface area contributed by atoms with Crippen molar-refractivity contribution in [1.82, 2.24) is 10.2 Å². The third kappa shape index (κ3) is 5.04. The monoisotopic (exact) mass is 499 g/mol. The first-order chi connectivity index (χ1) is 17.0. The van der Waals surface area contributed by atoms with Gasteiger partial charge in [-0.05, 0) is 100 Å². The molecule has 1 amide bonds. The Morgan fingerprint density at radius 3 is 2.56 bits per heavy atom. The minimum absolute atomic E-state index is 0.0623. The number of carbonyl (C=O) groups excluding carboxylic acids is 2. The maximum absolute atomic E-state index is 12.9. The van der Waals surface area contributed by atoms with Crippen molar-refractivity contribution < 1.29 is 14.4 Å². The molecule has 4 rings (SSSR count). The first-order valence-electron chi connectivity index (χ1n) is 14.5. The third-order valence-corrected chi connectivity index (χ3v) is 10.5. The van der Waals surface area contributed by atoms with E-state index in [1.165, 1.54) is 31.3 Å². The Labute approximate surface area is 218 Å². The summed E-state index contributed by atoms with van der Waals surface area (Å²) in [6.45, 7) is 16.6. The fraction of sp³-hybridized carbons (Fsp3) is 0.833.